The predicted molar refractivity (Wildman–Crippen MR) is 237 cm³/mol. The van der Waals surface area contributed by atoms with E-state index in [1.807, 2.05) is 58.0 Å². The third kappa shape index (κ3) is 13.0. The normalized spacial score (nSPS) is 22.8. The number of likely N-dealkylation sites (N-methyl/N-ethyl adjacent to an activating group) is 1. The molecular formula is C47H76N6O10. The Balaban J connectivity index is 1.46. The maximum absolute atomic E-state index is 14.6. The van der Waals surface area contributed by atoms with Crippen LogP contribution >= 0.6 is 0 Å². The zero-order valence-corrected chi connectivity index (χ0v) is 39.2. The van der Waals surface area contributed by atoms with Crippen molar-refractivity contribution in [3.8, 4) is 0 Å². The lowest BCUT2D eigenvalue weighted by Gasteiger charge is -2.41. The largest absolute Gasteiger partial charge is 0.467 e. The number of rotatable bonds is 25. The highest BCUT2D eigenvalue weighted by Gasteiger charge is 2.52. The molecule has 2 aliphatic heterocycles. The summed E-state index contributed by atoms with van der Waals surface area (Å²) in [6.07, 6.45) is 5.96. The first-order valence-electron chi connectivity index (χ1n) is 23.1. The molecule has 11 atom stereocenters. The molecule has 1 aromatic carbocycles. The number of carbonyl (C=O) groups is 6. The average Bonchev–Trinajstić information content (AvgIpc) is 4.05. The summed E-state index contributed by atoms with van der Waals surface area (Å²) in [5.41, 5.74) is 0.866. The van der Waals surface area contributed by atoms with Crippen LogP contribution in [0.3, 0.4) is 0 Å². The Kier molecular flexibility index (Phi) is 20.3. The van der Waals surface area contributed by atoms with Gasteiger partial charge in [-0.3, -0.25) is 24.0 Å². The van der Waals surface area contributed by atoms with Gasteiger partial charge in [0, 0.05) is 46.7 Å². The number of amides is 5. The fourth-order valence-electron chi connectivity index (χ4n) is 10.2. The molecule has 4 rings (SSSR count). The van der Waals surface area contributed by atoms with E-state index in [1.165, 1.54) is 14.2 Å². The molecule has 1 saturated carbocycles. The van der Waals surface area contributed by atoms with Crippen molar-refractivity contribution in [2.24, 2.45) is 29.6 Å². The van der Waals surface area contributed by atoms with Crippen LogP contribution < -0.4 is 16.5 Å². The molecule has 3 aliphatic rings. The molecule has 0 radical (unpaired) electrons. The highest BCUT2D eigenvalue weighted by atomic mass is 16.6. The highest BCUT2D eigenvalue weighted by molar-refractivity contribution is 5.93. The van der Waals surface area contributed by atoms with Crippen LogP contribution in [-0.4, -0.2) is 140 Å². The number of fused-ring (bicyclic) bond motifs is 2. The number of ether oxygens (including phenoxy) is 3. The molecule has 2 heterocycles. The Morgan fingerprint density at radius 2 is 1.62 bits per heavy atom. The van der Waals surface area contributed by atoms with Crippen molar-refractivity contribution in [1.82, 2.24) is 25.3 Å². The Labute approximate surface area is 374 Å². The van der Waals surface area contributed by atoms with Crippen LogP contribution in [-0.2, 0) is 54.2 Å². The molecule has 354 valence electrons. The Bertz CT molecular complexity index is 1670. The minimum absolute atomic E-state index is 0.0230. The van der Waals surface area contributed by atoms with E-state index in [-0.39, 0.29) is 60.3 Å². The van der Waals surface area contributed by atoms with Crippen LogP contribution in [0.2, 0.25) is 0 Å². The molecule has 16 heteroatoms. The Hall–Kier alpha value is -4.12. The molecule has 16 nitrogen and oxygen atoms in total. The maximum Gasteiger partial charge on any atom is 0.328 e. The van der Waals surface area contributed by atoms with Crippen molar-refractivity contribution in [2.45, 2.75) is 160 Å². The fraction of sp³-hybridized carbons (Fsp3) is 0.745. The summed E-state index contributed by atoms with van der Waals surface area (Å²) in [4.78, 5) is 93.0. The number of unbranched alkanes of at least 4 members (excludes halogenated alkanes) is 2. The van der Waals surface area contributed by atoms with E-state index in [4.69, 9.17) is 20.1 Å². The standard InChI is InChI=1S/C47H76N6O10/c1-10-30(4)41(51(6)46(58)40(29(2)3)50-45(57)42-33-22-23-34(27-33)53(42)38(54)21-15-12-16-25-63-48)37(60-7)28-39(55)52-24-17-20-36(52)43(61-8)31(5)44(56)49-35(47(59)62-9)26-32-18-13-11-14-19-32/h11,13-14,18-19,29-31,33-37,40-43H,10,12,15-17,20-28,48H2,1-9H3,(H,49,56)(H,50,57)/t30-,31+,33-,34+,35?,36-,37+,40-,41-,42-,43+/m0/s1. The average molecular weight is 885 g/mol. The lowest BCUT2D eigenvalue weighted by Crippen LogP contribution is -2.60. The van der Waals surface area contributed by atoms with Gasteiger partial charge in [0.15, 0.2) is 0 Å². The third-order valence-electron chi connectivity index (χ3n) is 13.9. The second kappa shape index (κ2) is 24.8. The zero-order valence-electron chi connectivity index (χ0n) is 39.2. The number of nitrogens with one attached hydrogen (secondary N) is 2. The van der Waals surface area contributed by atoms with Crippen LogP contribution in [0.1, 0.15) is 111 Å². The second-order valence-electron chi connectivity index (χ2n) is 18.2. The minimum Gasteiger partial charge on any atom is -0.467 e. The van der Waals surface area contributed by atoms with Gasteiger partial charge in [0.25, 0.3) is 0 Å². The number of hydrogen-bond donors (Lipinski definition) is 3. The Morgan fingerprint density at radius 3 is 2.24 bits per heavy atom. The molecule has 4 N–H and O–H groups in total. The number of likely N-dealkylation sites (tertiary alicyclic amines) is 2. The van der Waals surface area contributed by atoms with E-state index in [0.717, 1.165) is 37.7 Å². The molecule has 1 aromatic rings. The first-order chi connectivity index (χ1) is 30.1. The van der Waals surface area contributed by atoms with Gasteiger partial charge in [-0.2, -0.15) is 0 Å². The first-order valence-corrected chi connectivity index (χ1v) is 23.1. The summed E-state index contributed by atoms with van der Waals surface area (Å²) in [6, 6.07) is 6.03. The number of benzene rings is 1. The summed E-state index contributed by atoms with van der Waals surface area (Å²) in [7, 11) is 6.05. The van der Waals surface area contributed by atoms with Crippen molar-refractivity contribution in [2.75, 3.05) is 41.5 Å². The number of carbonyl (C=O) groups excluding carboxylic acids is 6. The van der Waals surface area contributed by atoms with Gasteiger partial charge in [-0.1, -0.05) is 77.8 Å². The van der Waals surface area contributed by atoms with Gasteiger partial charge in [-0.05, 0) is 68.3 Å². The summed E-state index contributed by atoms with van der Waals surface area (Å²) < 4.78 is 17.0. The van der Waals surface area contributed by atoms with Crippen LogP contribution in [0.25, 0.3) is 0 Å². The molecule has 2 saturated heterocycles. The quantitative estimate of drug-likeness (QED) is 0.0734. The topological polar surface area (TPSA) is 199 Å². The van der Waals surface area contributed by atoms with Crippen molar-refractivity contribution in [3.05, 3.63) is 35.9 Å². The van der Waals surface area contributed by atoms with Gasteiger partial charge in [-0.25, -0.2) is 10.7 Å². The predicted octanol–water partition coefficient (Wildman–Crippen LogP) is 3.78. The fourth-order valence-corrected chi connectivity index (χ4v) is 10.2. The van der Waals surface area contributed by atoms with Crippen LogP contribution in [0, 0.1) is 23.7 Å². The van der Waals surface area contributed by atoms with Gasteiger partial charge >= 0.3 is 5.97 Å². The highest BCUT2D eigenvalue weighted by Crippen LogP contribution is 2.43. The molecule has 0 aromatic heterocycles. The summed E-state index contributed by atoms with van der Waals surface area (Å²) >= 11 is 0. The number of piperidine rings is 1. The van der Waals surface area contributed by atoms with Gasteiger partial charge in [0.05, 0.1) is 50.3 Å². The summed E-state index contributed by atoms with van der Waals surface area (Å²) in [6.45, 7) is 10.5. The van der Waals surface area contributed by atoms with Crippen LogP contribution in [0.4, 0.5) is 0 Å². The number of methoxy groups -OCH3 is 3. The lowest BCUT2D eigenvalue weighted by atomic mass is 9.89. The second-order valence-corrected chi connectivity index (χ2v) is 18.2. The van der Waals surface area contributed by atoms with Crippen molar-refractivity contribution in [3.63, 3.8) is 0 Å². The molecule has 5 amide bonds. The molecule has 2 bridgehead atoms. The van der Waals surface area contributed by atoms with E-state index >= 15 is 0 Å². The minimum atomic E-state index is -0.908. The van der Waals surface area contributed by atoms with E-state index in [0.29, 0.717) is 45.3 Å². The molecule has 1 unspecified atom stereocenters. The number of hydrogen-bond acceptors (Lipinski definition) is 11. The van der Waals surface area contributed by atoms with Gasteiger partial charge in [0.1, 0.15) is 18.1 Å². The number of nitrogens with two attached hydrogens (primary N) is 1. The Morgan fingerprint density at radius 1 is 0.905 bits per heavy atom. The molecule has 3 fully saturated rings. The third-order valence-corrected chi connectivity index (χ3v) is 13.9. The monoisotopic (exact) mass is 885 g/mol. The number of nitrogens with zero attached hydrogens (tertiary/aromatic N) is 3. The van der Waals surface area contributed by atoms with Crippen LogP contribution in [0.5, 0.6) is 0 Å². The SMILES string of the molecule is CC[C@H](C)[C@@H]([C@@H](CC(=O)N1CCC[C@H]1[C@H](OC)[C@@H](C)C(=O)NC(Cc1ccccc1)C(=O)OC)OC)N(C)C(=O)[C@@H](NC(=O)[C@@H]1[C@H]2CC[C@H](C2)N1C(=O)CCCCCON)C(C)C. The molecule has 0 spiro atoms. The number of esters is 1. The van der Waals surface area contributed by atoms with Crippen molar-refractivity contribution < 1.29 is 47.8 Å². The van der Waals surface area contributed by atoms with Gasteiger partial charge in [-0.15, -0.1) is 0 Å². The van der Waals surface area contributed by atoms with Gasteiger partial charge in [0.2, 0.25) is 29.5 Å². The van der Waals surface area contributed by atoms with E-state index in [2.05, 4.69) is 15.5 Å². The van der Waals surface area contributed by atoms with E-state index < -0.39 is 60.2 Å². The maximum atomic E-state index is 14.6. The summed E-state index contributed by atoms with van der Waals surface area (Å²) in [5.74, 6) is 2.33. The summed E-state index contributed by atoms with van der Waals surface area (Å²) in [5, 5.41) is 5.94. The molecule has 1 aliphatic carbocycles. The van der Waals surface area contributed by atoms with Crippen molar-refractivity contribution in [1.29, 1.82) is 0 Å². The van der Waals surface area contributed by atoms with Crippen LogP contribution in [0.15, 0.2) is 30.3 Å². The molecule has 63 heavy (non-hydrogen) atoms. The van der Waals surface area contributed by atoms with E-state index in [1.54, 1.807) is 35.8 Å². The van der Waals surface area contributed by atoms with Crippen molar-refractivity contribution >= 4 is 35.5 Å². The lowest BCUT2D eigenvalue weighted by molar-refractivity contribution is -0.149. The smallest absolute Gasteiger partial charge is 0.328 e. The zero-order chi connectivity index (χ0) is 46.4. The first kappa shape index (κ1) is 51.5. The van der Waals surface area contributed by atoms with E-state index in [9.17, 15) is 28.8 Å². The molecular weight excluding hydrogens is 809 g/mol. The van der Waals surface area contributed by atoms with Gasteiger partial charge < -0.3 is 44.4 Å².